The highest BCUT2D eigenvalue weighted by Gasteiger charge is 2.02. The first kappa shape index (κ1) is 8.34. The molecule has 1 aromatic rings. The molecule has 0 aliphatic rings. The molecule has 0 fully saturated rings. The van der Waals surface area contributed by atoms with Crippen LogP contribution in [0.2, 0.25) is 0 Å². The summed E-state index contributed by atoms with van der Waals surface area (Å²) in [4.78, 5) is 0. The SMILES string of the molecule is Cc1ccoc1CC[C@H](C)N. The smallest absolute Gasteiger partial charge is 0.106 e. The summed E-state index contributed by atoms with van der Waals surface area (Å²) in [5.41, 5.74) is 6.84. The van der Waals surface area contributed by atoms with E-state index in [1.807, 2.05) is 13.0 Å². The van der Waals surface area contributed by atoms with E-state index in [1.165, 1.54) is 5.56 Å². The average Bonchev–Trinajstić information content (AvgIpc) is 2.31. The van der Waals surface area contributed by atoms with Crippen LogP contribution >= 0.6 is 0 Å². The van der Waals surface area contributed by atoms with Crippen LogP contribution in [0.4, 0.5) is 0 Å². The molecule has 62 valence electrons. The molecule has 0 saturated carbocycles. The summed E-state index contributed by atoms with van der Waals surface area (Å²) in [6.07, 6.45) is 3.68. The van der Waals surface area contributed by atoms with Gasteiger partial charge in [0, 0.05) is 12.5 Å². The molecule has 0 aliphatic carbocycles. The highest BCUT2D eigenvalue weighted by molar-refractivity contribution is 5.14. The Labute approximate surface area is 67.4 Å². The molecule has 11 heavy (non-hydrogen) atoms. The van der Waals surface area contributed by atoms with Crippen molar-refractivity contribution in [3.63, 3.8) is 0 Å². The Hall–Kier alpha value is -0.760. The van der Waals surface area contributed by atoms with E-state index >= 15 is 0 Å². The van der Waals surface area contributed by atoms with E-state index in [1.54, 1.807) is 6.26 Å². The highest BCUT2D eigenvalue weighted by Crippen LogP contribution is 2.11. The summed E-state index contributed by atoms with van der Waals surface area (Å²) in [5.74, 6) is 1.07. The van der Waals surface area contributed by atoms with Crippen molar-refractivity contribution < 1.29 is 4.42 Å². The molecule has 0 spiro atoms. The molecule has 1 aromatic heterocycles. The zero-order valence-electron chi connectivity index (χ0n) is 7.13. The Bertz CT molecular complexity index is 215. The largest absolute Gasteiger partial charge is 0.469 e. The van der Waals surface area contributed by atoms with E-state index in [0.29, 0.717) is 0 Å². The van der Waals surface area contributed by atoms with Gasteiger partial charge in [-0.15, -0.1) is 0 Å². The van der Waals surface area contributed by atoms with Gasteiger partial charge >= 0.3 is 0 Å². The summed E-state index contributed by atoms with van der Waals surface area (Å²) >= 11 is 0. The van der Waals surface area contributed by atoms with Crippen LogP contribution in [0, 0.1) is 6.92 Å². The second-order valence-corrected chi connectivity index (χ2v) is 3.04. The lowest BCUT2D eigenvalue weighted by molar-refractivity contribution is 0.488. The number of nitrogens with two attached hydrogens (primary N) is 1. The molecule has 0 radical (unpaired) electrons. The number of hydrogen-bond donors (Lipinski definition) is 1. The Morgan fingerprint density at radius 3 is 2.82 bits per heavy atom. The first-order chi connectivity index (χ1) is 5.20. The first-order valence-electron chi connectivity index (χ1n) is 3.98. The summed E-state index contributed by atoms with van der Waals surface area (Å²) in [5, 5.41) is 0. The molecule has 2 N–H and O–H groups in total. The third-order valence-corrected chi connectivity index (χ3v) is 1.79. The van der Waals surface area contributed by atoms with Crippen molar-refractivity contribution in [2.75, 3.05) is 0 Å². The molecule has 1 atom stereocenters. The van der Waals surface area contributed by atoms with Gasteiger partial charge in [0.1, 0.15) is 5.76 Å². The quantitative estimate of drug-likeness (QED) is 0.720. The van der Waals surface area contributed by atoms with Crippen LogP contribution < -0.4 is 5.73 Å². The van der Waals surface area contributed by atoms with E-state index < -0.39 is 0 Å². The zero-order chi connectivity index (χ0) is 8.27. The van der Waals surface area contributed by atoms with Crippen LogP contribution in [-0.4, -0.2) is 6.04 Å². The van der Waals surface area contributed by atoms with E-state index in [2.05, 4.69) is 6.92 Å². The van der Waals surface area contributed by atoms with Crippen LogP contribution in [0.1, 0.15) is 24.7 Å². The lowest BCUT2D eigenvalue weighted by Crippen LogP contribution is -2.15. The topological polar surface area (TPSA) is 39.2 Å². The van der Waals surface area contributed by atoms with Crippen molar-refractivity contribution in [2.45, 2.75) is 32.7 Å². The first-order valence-corrected chi connectivity index (χ1v) is 3.98. The fraction of sp³-hybridized carbons (Fsp3) is 0.556. The van der Waals surface area contributed by atoms with Crippen molar-refractivity contribution in [2.24, 2.45) is 5.73 Å². The predicted octanol–water partition coefficient (Wildman–Crippen LogP) is 1.87. The van der Waals surface area contributed by atoms with E-state index in [4.69, 9.17) is 10.2 Å². The fourth-order valence-electron chi connectivity index (χ4n) is 1.02. The van der Waals surface area contributed by atoms with Crippen LogP contribution in [0.25, 0.3) is 0 Å². The van der Waals surface area contributed by atoms with Crippen LogP contribution in [0.5, 0.6) is 0 Å². The lowest BCUT2D eigenvalue weighted by Gasteiger charge is -2.02. The van der Waals surface area contributed by atoms with E-state index in [-0.39, 0.29) is 6.04 Å². The Balaban J connectivity index is 2.44. The van der Waals surface area contributed by atoms with Gasteiger partial charge in [-0.1, -0.05) is 0 Å². The molecular formula is C9H15NO. The van der Waals surface area contributed by atoms with Gasteiger partial charge in [0.2, 0.25) is 0 Å². The fourth-order valence-corrected chi connectivity index (χ4v) is 1.02. The van der Waals surface area contributed by atoms with Gasteiger partial charge in [-0.25, -0.2) is 0 Å². The van der Waals surface area contributed by atoms with Crippen LogP contribution in [0.3, 0.4) is 0 Å². The van der Waals surface area contributed by atoms with Gasteiger partial charge < -0.3 is 10.2 Å². The number of furan rings is 1. The van der Waals surface area contributed by atoms with E-state index in [9.17, 15) is 0 Å². The molecule has 0 bridgehead atoms. The molecule has 2 nitrogen and oxygen atoms in total. The summed E-state index contributed by atoms with van der Waals surface area (Å²) in [6, 6.07) is 2.25. The van der Waals surface area contributed by atoms with Gasteiger partial charge in [0.05, 0.1) is 6.26 Å². The van der Waals surface area contributed by atoms with Crippen molar-refractivity contribution in [3.05, 3.63) is 23.7 Å². The second-order valence-electron chi connectivity index (χ2n) is 3.04. The zero-order valence-corrected chi connectivity index (χ0v) is 7.13. The third kappa shape index (κ3) is 2.39. The van der Waals surface area contributed by atoms with E-state index in [0.717, 1.165) is 18.6 Å². The Morgan fingerprint density at radius 1 is 1.64 bits per heavy atom. The normalized spacial score (nSPS) is 13.4. The minimum Gasteiger partial charge on any atom is -0.469 e. The van der Waals surface area contributed by atoms with Crippen molar-refractivity contribution in [1.82, 2.24) is 0 Å². The predicted molar refractivity (Wildman–Crippen MR) is 45.4 cm³/mol. The Kier molecular flexibility index (Phi) is 2.71. The molecule has 0 aromatic carbocycles. The molecule has 1 rings (SSSR count). The van der Waals surface area contributed by atoms with Crippen LogP contribution in [0.15, 0.2) is 16.7 Å². The molecule has 0 amide bonds. The molecular weight excluding hydrogens is 138 g/mol. The monoisotopic (exact) mass is 153 g/mol. The van der Waals surface area contributed by atoms with Crippen molar-refractivity contribution >= 4 is 0 Å². The maximum Gasteiger partial charge on any atom is 0.106 e. The highest BCUT2D eigenvalue weighted by atomic mass is 16.3. The number of aryl methyl sites for hydroxylation is 2. The summed E-state index contributed by atoms with van der Waals surface area (Å²) in [6.45, 7) is 4.07. The lowest BCUT2D eigenvalue weighted by atomic mass is 10.1. The maximum absolute atomic E-state index is 5.62. The van der Waals surface area contributed by atoms with Gasteiger partial charge in [-0.3, -0.25) is 0 Å². The molecule has 0 unspecified atom stereocenters. The second kappa shape index (κ2) is 3.58. The van der Waals surface area contributed by atoms with Gasteiger partial charge in [0.25, 0.3) is 0 Å². The average molecular weight is 153 g/mol. The minimum atomic E-state index is 0.263. The summed E-state index contributed by atoms with van der Waals surface area (Å²) < 4.78 is 5.26. The van der Waals surface area contributed by atoms with Crippen molar-refractivity contribution in [1.29, 1.82) is 0 Å². The Morgan fingerprint density at radius 2 is 2.36 bits per heavy atom. The molecule has 2 heteroatoms. The third-order valence-electron chi connectivity index (χ3n) is 1.79. The molecule has 0 aliphatic heterocycles. The van der Waals surface area contributed by atoms with Gasteiger partial charge in [0.15, 0.2) is 0 Å². The molecule has 0 saturated heterocycles. The number of hydrogen-bond acceptors (Lipinski definition) is 2. The molecule has 1 heterocycles. The van der Waals surface area contributed by atoms with Crippen LogP contribution in [-0.2, 0) is 6.42 Å². The summed E-state index contributed by atoms with van der Waals surface area (Å²) in [7, 11) is 0. The van der Waals surface area contributed by atoms with Crippen molar-refractivity contribution in [3.8, 4) is 0 Å². The standard InChI is InChI=1S/C9H15NO/c1-7-5-6-11-9(7)4-3-8(2)10/h5-6,8H,3-4,10H2,1-2H3/t8-/m0/s1. The number of rotatable bonds is 3. The van der Waals surface area contributed by atoms with Gasteiger partial charge in [-0.2, -0.15) is 0 Å². The maximum atomic E-state index is 5.62. The van der Waals surface area contributed by atoms with Gasteiger partial charge in [-0.05, 0) is 31.9 Å². The minimum absolute atomic E-state index is 0.263.